The van der Waals surface area contributed by atoms with Crippen molar-refractivity contribution in [1.82, 2.24) is 0 Å². The minimum Gasteiger partial charge on any atom is -0.719 e. The zero-order valence-corrected chi connectivity index (χ0v) is 5.71. The summed E-state index contributed by atoms with van der Waals surface area (Å²) in [6, 6.07) is 0. The Morgan fingerprint density at radius 2 is 1.80 bits per heavy atom. The van der Waals surface area contributed by atoms with Crippen LogP contribution in [0.15, 0.2) is 0 Å². The Bertz CT molecular complexity index is 34.6. The van der Waals surface area contributed by atoms with E-state index < -0.39 is 5.24 Å². The van der Waals surface area contributed by atoms with Crippen LogP contribution in [0.1, 0.15) is 0 Å². The maximum atomic E-state index is 9.04. The molecule has 0 saturated heterocycles. The summed E-state index contributed by atoms with van der Waals surface area (Å²) >= 11 is 3.76. The van der Waals surface area contributed by atoms with Crippen LogP contribution in [0.25, 0.3) is 0 Å². The van der Waals surface area contributed by atoms with Crippen molar-refractivity contribution < 1.29 is 34.4 Å². The van der Waals surface area contributed by atoms with Gasteiger partial charge in [0, 0.05) is 0 Å². The zero-order chi connectivity index (χ0) is 3.58. The van der Waals surface area contributed by atoms with E-state index in [1.165, 1.54) is 0 Å². The van der Waals surface area contributed by atoms with E-state index in [1.807, 2.05) is 0 Å². The molecule has 0 bridgehead atoms. The van der Waals surface area contributed by atoms with Crippen molar-refractivity contribution in [2.24, 2.45) is 5.73 Å². The van der Waals surface area contributed by atoms with Crippen LogP contribution in [0.3, 0.4) is 0 Å². The number of nitrogens with two attached hydrogens (primary N) is 1. The van der Waals surface area contributed by atoms with E-state index in [4.69, 9.17) is 4.79 Å². The molecule has 0 aliphatic heterocycles. The van der Waals surface area contributed by atoms with Gasteiger partial charge in [-0.05, 0) is 0 Å². The molecule has 24 valence electrons. The Hall–Kier alpha value is 0.690. The Balaban J connectivity index is 0. The van der Waals surface area contributed by atoms with Gasteiger partial charge in [-0.1, -0.05) is 0 Å². The average Bonchev–Trinajstić information content (AvgIpc) is 0.811. The Labute approximate surface area is 57.8 Å². The summed E-state index contributed by atoms with van der Waals surface area (Å²) < 4.78 is 0. The third-order valence-electron chi connectivity index (χ3n) is 0. The van der Waals surface area contributed by atoms with Crippen LogP contribution in [-0.2, 0) is 12.6 Å². The maximum absolute atomic E-state index is 9.04. The smallest absolute Gasteiger partial charge is 0.719 e. The van der Waals surface area contributed by atoms with Crippen LogP contribution < -0.4 is 35.3 Å². The molecule has 0 aromatic rings. The molecule has 0 rings (SSSR count). The first-order chi connectivity index (χ1) is 1.73. The number of hydrogen-bond donors (Lipinski definition) is 1. The fourth-order valence-corrected chi connectivity index (χ4v) is 0. The molecule has 2 nitrogen and oxygen atoms in total. The van der Waals surface area contributed by atoms with E-state index in [0.717, 1.165) is 0 Å². The topological polar surface area (TPSA) is 43.1 Å². The van der Waals surface area contributed by atoms with E-state index >= 15 is 0 Å². The van der Waals surface area contributed by atoms with Gasteiger partial charge in [0.15, 0.2) is 0 Å². The fraction of sp³-hybridized carbons (Fsp3) is 0. The predicted octanol–water partition coefficient (Wildman–Crippen LogP) is -3.38. The van der Waals surface area contributed by atoms with Crippen molar-refractivity contribution in [3.05, 3.63) is 0 Å². The molecule has 0 unspecified atom stereocenters. The van der Waals surface area contributed by atoms with Gasteiger partial charge in [-0.15, -0.1) is 0 Å². The van der Waals surface area contributed by atoms with Crippen molar-refractivity contribution >= 4 is 17.9 Å². The second kappa shape index (κ2) is 4.69. The van der Waals surface area contributed by atoms with Gasteiger partial charge in [0.25, 0.3) is 0 Å². The first-order valence-corrected chi connectivity index (χ1v) is 1.11. The molecule has 0 spiro atoms. The van der Waals surface area contributed by atoms with Gasteiger partial charge in [-0.2, -0.15) is 0 Å². The normalized spacial score (nSPS) is 4.80. The van der Waals surface area contributed by atoms with E-state index in [-0.39, 0.29) is 29.6 Å². The van der Waals surface area contributed by atoms with Crippen LogP contribution in [0.5, 0.6) is 0 Å². The molecule has 5 heavy (non-hydrogen) atoms. The Kier molecular flexibility index (Phi) is 8.62. The molecule has 4 heteroatoms. The van der Waals surface area contributed by atoms with Gasteiger partial charge < -0.3 is 23.2 Å². The summed E-state index contributed by atoms with van der Waals surface area (Å²) in [6.07, 6.45) is 0. The second-order valence-electron chi connectivity index (χ2n) is 0.319. The average molecular weight is 99.1 g/mol. The molecule has 0 fully saturated rings. The fourth-order valence-electron chi connectivity index (χ4n) is 0. The Morgan fingerprint density at radius 1 is 1.80 bits per heavy atom. The molecular formula is CH2NNaOS. The van der Waals surface area contributed by atoms with Gasteiger partial charge in [0.05, 0.1) is 5.24 Å². The van der Waals surface area contributed by atoms with Crippen LogP contribution in [0, 0.1) is 0 Å². The zero-order valence-electron chi connectivity index (χ0n) is 2.89. The third-order valence-corrected chi connectivity index (χ3v) is 0. The third kappa shape index (κ3) is 71.3. The van der Waals surface area contributed by atoms with Crippen molar-refractivity contribution in [2.75, 3.05) is 0 Å². The molecule has 0 aliphatic rings. The van der Waals surface area contributed by atoms with Crippen molar-refractivity contribution in [3.63, 3.8) is 0 Å². The number of hydrogen-bond acceptors (Lipinski definition) is 2. The van der Waals surface area contributed by atoms with Gasteiger partial charge in [0.1, 0.15) is 0 Å². The molecule has 0 aromatic carbocycles. The molecule has 0 saturated carbocycles. The van der Waals surface area contributed by atoms with Crippen molar-refractivity contribution in [3.8, 4) is 0 Å². The number of amides is 1. The van der Waals surface area contributed by atoms with E-state index in [9.17, 15) is 0 Å². The molecule has 0 aromatic heterocycles. The number of primary amides is 1. The monoisotopic (exact) mass is 99.0 g/mol. The van der Waals surface area contributed by atoms with Crippen LogP contribution >= 0.6 is 0 Å². The SMILES string of the molecule is NC(=O)[S-].[Na+]. The molecule has 0 radical (unpaired) electrons. The molecule has 1 amide bonds. The molecule has 2 N–H and O–H groups in total. The minimum absolute atomic E-state index is 0. The molecule has 0 atom stereocenters. The number of rotatable bonds is 0. The predicted molar refractivity (Wildman–Crippen MR) is 16.9 cm³/mol. The van der Waals surface area contributed by atoms with Gasteiger partial charge in [-0.3, -0.25) is 0 Å². The summed E-state index contributed by atoms with van der Waals surface area (Å²) in [5.74, 6) is 0. The summed E-state index contributed by atoms with van der Waals surface area (Å²) in [5, 5.41) is -0.750. The van der Waals surface area contributed by atoms with E-state index in [0.29, 0.717) is 0 Å². The molecule has 0 heterocycles. The summed E-state index contributed by atoms with van der Waals surface area (Å²) in [4.78, 5) is 9.04. The van der Waals surface area contributed by atoms with Crippen molar-refractivity contribution in [2.45, 2.75) is 0 Å². The number of carbonyl (C=O) groups is 1. The first-order valence-electron chi connectivity index (χ1n) is 0.697. The van der Waals surface area contributed by atoms with Gasteiger partial charge in [-0.25, -0.2) is 0 Å². The number of carbonyl (C=O) groups excluding carboxylic acids is 1. The van der Waals surface area contributed by atoms with Gasteiger partial charge in [0.2, 0.25) is 0 Å². The second-order valence-corrected chi connectivity index (χ2v) is 0.721. The van der Waals surface area contributed by atoms with Crippen LogP contribution in [0.4, 0.5) is 4.79 Å². The Morgan fingerprint density at radius 3 is 1.80 bits per heavy atom. The summed E-state index contributed by atoms with van der Waals surface area (Å²) in [7, 11) is 0. The van der Waals surface area contributed by atoms with Crippen LogP contribution in [0.2, 0.25) is 0 Å². The largest absolute Gasteiger partial charge is 1.00 e. The van der Waals surface area contributed by atoms with Gasteiger partial charge >= 0.3 is 29.6 Å². The van der Waals surface area contributed by atoms with E-state index in [1.54, 1.807) is 0 Å². The standard InChI is InChI=1S/CH3NOS.Na/c2-1(3)4;/h(H3,2,3,4);/q;+1/p-1. The maximum Gasteiger partial charge on any atom is 1.00 e. The van der Waals surface area contributed by atoms with Crippen molar-refractivity contribution in [1.29, 1.82) is 0 Å². The van der Waals surface area contributed by atoms with Crippen LogP contribution in [-0.4, -0.2) is 5.24 Å². The van der Waals surface area contributed by atoms with E-state index in [2.05, 4.69) is 18.4 Å². The molecular weight excluding hydrogens is 97.1 g/mol. The first kappa shape index (κ1) is 9.19. The summed E-state index contributed by atoms with van der Waals surface area (Å²) in [5.41, 5.74) is 4.29. The summed E-state index contributed by atoms with van der Waals surface area (Å²) in [6.45, 7) is 0. The minimum atomic E-state index is -0.750. The quantitative estimate of drug-likeness (QED) is 0.254. The molecule has 0 aliphatic carbocycles.